The first-order valence-electron chi connectivity index (χ1n) is 8.17. The molecule has 0 bridgehead atoms. The van der Waals surface area contributed by atoms with Gasteiger partial charge in [0.05, 0.1) is 34.2 Å². The van der Waals surface area contributed by atoms with Crippen LogP contribution >= 0.6 is 0 Å². The number of likely N-dealkylation sites (tertiary alicyclic amines) is 1. The largest absolute Gasteiger partial charge is 0.372 e. The van der Waals surface area contributed by atoms with Crippen molar-refractivity contribution in [2.75, 3.05) is 13.1 Å². The van der Waals surface area contributed by atoms with Gasteiger partial charge in [-0.05, 0) is 24.1 Å². The van der Waals surface area contributed by atoms with Crippen molar-refractivity contribution in [3.63, 3.8) is 0 Å². The lowest BCUT2D eigenvalue weighted by Crippen LogP contribution is -2.30. The van der Waals surface area contributed by atoms with Gasteiger partial charge in [-0.2, -0.15) is 0 Å². The molecule has 1 aromatic carbocycles. The number of non-ortho nitro benzene ring substituents is 2. The van der Waals surface area contributed by atoms with Crippen LogP contribution in [0.2, 0.25) is 0 Å². The van der Waals surface area contributed by atoms with Crippen LogP contribution in [0, 0.1) is 20.2 Å². The third-order valence-corrected chi connectivity index (χ3v) is 4.24. The highest BCUT2D eigenvalue weighted by Crippen LogP contribution is 2.25. The molecule has 0 N–H and O–H groups in total. The number of carbonyl (C=O) groups excluding carboxylic acids is 1. The zero-order valence-electron chi connectivity index (χ0n) is 14.2. The molecule has 0 saturated carbocycles. The van der Waals surface area contributed by atoms with Crippen LogP contribution in [0.4, 0.5) is 11.4 Å². The molecule has 1 unspecified atom stereocenters. The summed E-state index contributed by atoms with van der Waals surface area (Å²) in [5.74, 6) is -0.489. The van der Waals surface area contributed by atoms with Gasteiger partial charge >= 0.3 is 0 Å². The monoisotopic (exact) mass is 372 g/mol. The summed E-state index contributed by atoms with van der Waals surface area (Å²) in [5.41, 5.74) is -0.0933. The van der Waals surface area contributed by atoms with E-state index in [9.17, 15) is 25.0 Å². The van der Waals surface area contributed by atoms with E-state index < -0.39 is 27.1 Å². The fraction of sp³-hybridized carbons (Fsp3) is 0.294. The van der Waals surface area contributed by atoms with Crippen molar-refractivity contribution in [3.05, 3.63) is 74.1 Å². The molecule has 0 aliphatic carbocycles. The highest BCUT2D eigenvalue weighted by atomic mass is 16.6. The third kappa shape index (κ3) is 4.42. The van der Waals surface area contributed by atoms with E-state index in [1.807, 2.05) is 12.1 Å². The Morgan fingerprint density at radius 1 is 1.15 bits per heavy atom. The summed E-state index contributed by atoms with van der Waals surface area (Å²) >= 11 is 0. The van der Waals surface area contributed by atoms with Crippen LogP contribution in [0.25, 0.3) is 0 Å². The van der Waals surface area contributed by atoms with Crippen LogP contribution in [-0.2, 0) is 11.3 Å². The molecule has 27 heavy (non-hydrogen) atoms. The minimum atomic E-state index is -0.756. The van der Waals surface area contributed by atoms with Crippen molar-refractivity contribution in [3.8, 4) is 0 Å². The summed E-state index contributed by atoms with van der Waals surface area (Å²) in [4.78, 5) is 38.5. The van der Waals surface area contributed by atoms with Crippen molar-refractivity contribution < 1.29 is 19.4 Å². The molecule has 0 radical (unpaired) electrons. The smallest absolute Gasteiger partial charge is 0.277 e. The standard InChI is InChI=1S/C17H16N4O6/c22-17(13-7-14(20(23)24)9-15(8-13)21(25)26)19-6-3-16(10-19)27-11-12-1-4-18-5-2-12/h1-2,4-5,7-9,16H,3,6,10-11H2. The van der Waals surface area contributed by atoms with E-state index in [0.717, 1.165) is 23.8 Å². The van der Waals surface area contributed by atoms with Gasteiger partial charge in [-0.1, -0.05) is 0 Å². The highest BCUT2D eigenvalue weighted by Gasteiger charge is 2.29. The minimum Gasteiger partial charge on any atom is -0.372 e. The van der Waals surface area contributed by atoms with Gasteiger partial charge in [-0.3, -0.25) is 30.0 Å². The van der Waals surface area contributed by atoms with Crippen LogP contribution in [-0.4, -0.2) is 44.8 Å². The molecule has 2 heterocycles. The average Bonchev–Trinajstić information content (AvgIpc) is 3.15. The maximum atomic E-state index is 12.6. The van der Waals surface area contributed by atoms with Crippen molar-refractivity contribution in [1.82, 2.24) is 9.88 Å². The van der Waals surface area contributed by atoms with Gasteiger partial charge < -0.3 is 9.64 Å². The third-order valence-electron chi connectivity index (χ3n) is 4.24. The van der Waals surface area contributed by atoms with E-state index in [1.54, 1.807) is 12.4 Å². The number of pyridine rings is 1. The molecule has 1 aliphatic heterocycles. The van der Waals surface area contributed by atoms with Gasteiger partial charge in [0.15, 0.2) is 0 Å². The maximum absolute atomic E-state index is 12.6. The molecule has 2 aromatic rings. The Hall–Kier alpha value is -3.40. The second kappa shape index (κ2) is 7.87. The Morgan fingerprint density at radius 2 is 1.78 bits per heavy atom. The van der Waals surface area contributed by atoms with E-state index in [4.69, 9.17) is 4.74 Å². The second-order valence-corrected chi connectivity index (χ2v) is 6.08. The molecule has 140 valence electrons. The van der Waals surface area contributed by atoms with E-state index in [0.29, 0.717) is 26.1 Å². The number of hydrogen-bond donors (Lipinski definition) is 0. The number of benzene rings is 1. The van der Waals surface area contributed by atoms with Gasteiger partial charge in [-0.15, -0.1) is 0 Å². The maximum Gasteiger partial charge on any atom is 0.277 e. The first-order chi connectivity index (χ1) is 12.9. The van der Waals surface area contributed by atoms with E-state index in [2.05, 4.69) is 4.98 Å². The number of rotatable bonds is 6. The van der Waals surface area contributed by atoms with Crippen LogP contribution < -0.4 is 0 Å². The minimum absolute atomic E-state index is 0.0781. The van der Waals surface area contributed by atoms with Crippen LogP contribution in [0.1, 0.15) is 22.3 Å². The summed E-state index contributed by atoms with van der Waals surface area (Å²) in [7, 11) is 0. The molecule has 10 nitrogen and oxygen atoms in total. The number of hydrogen-bond acceptors (Lipinski definition) is 7. The van der Waals surface area contributed by atoms with Crippen molar-refractivity contribution in [2.24, 2.45) is 0 Å². The predicted octanol–water partition coefficient (Wildman–Crippen LogP) is 2.33. The van der Waals surface area contributed by atoms with Crippen LogP contribution in [0.15, 0.2) is 42.7 Å². The van der Waals surface area contributed by atoms with Crippen molar-refractivity contribution in [2.45, 2.75) is 19.1 Å². The van der Waals surface area contributed by atoms with E-state index >= 15 is 0 Å². The van der Waals surface area contributed by atoms with Crippen molar-refractivity contribution in [1.29, 1.82) is 0 Å². The molecule has 1 aromatic heterocycles. The average molecular weight is 372 g/mol. The van der Waals surface area contributed by atoms with E-state index in [1.165, 1.54) is 4.90 Å². The molecule has 1 amide bonds. The predicted molar refractivity (Wildman–Crippen MR) is 93.1 cm³/mol. The van der Waals surface area contributed by atoms with Crippen molar-refractivity contribution >= 4 is 17.3 Å². The molecule has 3 rings (SSSR count). The molecule has 0 spiro atoms. The van der Waals surface area contributed by atoms with Gasteiger partial charge in [0.1, 0.15) is 0 Å². The number of nitro benzene ring substituents is 2. The van der Waals surface area contributed by atoms with Gasteiger partial charge in [0.2, 0.25) is 0 Å². The van der Waals surface area contributed by atoms with Crippen LogP contribution in [0.5, 0.6) is 0 Å². The summed E-state index contributed by atoms with van der Waals surface area (Å²) in [6.07, 6.45) is 3.78. The lowest BCUT2D eigenvalue weighted by molar-refractivity contribution is -0.394. The van der Waals surface area contributed by atoms with Gasteiger partial charge in [-0.25, -0.2) is 0 Å². The molecule has 1 aliphatic rings. The summed E-state index contributed by atoms with van der Waals surface area (Å²) < 4.78 is 5.79. The number of nitrogens with zero attached hydrogens (tertiary/aromatic N) is 4. The SMILES string of the molecule is O=C(c1cc([N+](=O)[O-])cc([N+](=O)[O-])c1)N1CCC(OCc2ccncc2)C1. The second-order valence-electron chi connectivity index (χ2n) is 6.08. The number of carbonyl (C=O) groups is 1. The van der Waals surface area contributed by atoms with Gasteiger partial charge in [0, 0.05) is 37.6 Å². The highest BCUT2D eigenvalue weighted by molar-refractivity contribution is 5.95. The lowest BCUT2D eigenvalue weighted by Gasteiger charge is -2.17. The normalized spacial score (nSPS) is 16.3. The van der Waals surface area contributed by atoms with E-state index in [-0.39, 0.29) is 11.7 Å². The Labute approximate surface area is 153 Å². The Kier molecular flexibility index (Phi) is 5.36. The fourth-order valence-corrected chi connectivity index (χ4v) is 2.85. The number of nitro groups is 2. The number of aromatic nitrogens is 1. The number of ether oxygens (including phenoxy) is 1. The summed E-state index contributed by atoms with van der Waals surface area (Å²) in [5, 5.41) is 22.0. The Morgan fingerprint density at radius 3 is 2.37 bits per heavy atom. The molecule has 1 fully saturated rings. The first-order valence-corrected chi connectivity index (χ1v) is 8.17. The molecule has 1 saturated heterocycles. The quantitative estimate of drug-likeness (QED) is 0.562. The first kappa shape index (κ1) is 18.4. The molecular formula is C17H16N4O6. The van der Waals surface area contributed by atoms with Gasteiger partial charge in [0.25, 0.3) is 17.3 Å². The fourth-order valence-electron chi connectivity index (χ4n) is 2.85. The zero-order chi connectivity index (χ0) is 19.4. The Balaban J connectivity index is 1.68. The molecular weight excluding hydrogens is 356 g/mol. The molecule has 10 heteroatoms. The Bertz CT molecular complexity index is 841. The number of amides is 1. The molecule has 1 atom stereocenters. The topological polar surface area (TPSA) is 129 Å². The summed E-state index contributed by atoms with van der Waals surface area (Å²) in [6, 6.07) is 6.61. The summed E-state index contributed by atoms with van der Waals surface area (Å²) in [6.45, 7) is 1.12. The lowest BCUT2D eigenvalue weighted by atomic mass is 10.1. The zero-order valence-corrected chi connectivity index (χ0v) is 14.2. The van der Waals surface area contributed by atoms with Crippen LogP contribution in [0.3, 0.4) is 0 Å².